The van der Waals surface area contributed by atoms with E-state index in [1.807, 2.05) is 0 Å². The van der Waals surface area contributed by atoms with Gasteiger partial charge >= 0.3 is 6.18 Å². The first-order valence-electron chi connectivity index (χ1n) is 5.86. The smallest absolute Gasteiger partial charge is 0.435 e. The summed E-state index contributed by atoms with van der Waals surface area (Å²) < 4.78 is 46.3. The molecule has 0 aliphatic carbocycles. The van der Waals surface area contributed by atoms with E-state index in [-0.39, 0.29) is 5.56 Å². The van der Waals surface area contributed by atoms with Gasteiger partial charge in [-0.25, -0.2) is 0 Å². The van der Waals surface area contributed by atoms with Gasteiger partial charge in [0.05, 0.1) is 7.11 Å². The van der Waals surface area contributed by atoms with E-state index in [1.54, 1.807) is 25.1 Å². The molecule has 0 spiro atoms. The van der Waals surface area contributed by atoms with Crippen molar-refractivity contribution in [2.45, 2.75) is 19.6 Å². The molecule has 1 aromatic carbocycles. The normalized spacial score (nSPS) is 11.7. The molecule has 0 unspecified atom stereocenters. The first kappa shape index (κ1) is 14.9. The summed E-state index contributed by atoms with van der Waals surface area (Å²) in [6, 6.07) is 4.98. The maximum Gasteiger partial charge on any atom is 0.435 e. The molecule has 2 aromatic rings. The summed E-state index contributed by atoms with van der Waals surface area (Å²) in [7, 11) is 1.42. The van der Waals surface area contributed by atoms with Crippen molar-refractivity contribution in [3.8, 4) is 16.9 Å². The van der Waals surface area contributed by atoms with Crippen LogP contribution < -0.4 is 4.74 Å². The predicted octanol–water partition coefficient (Wildman–Crippen LogP) is 4.36. The lowest BCUT2D eigenvalue weighted by atomic mass is 10.1. The zero-order valence-corrected chi connectivity index (χ0v) is 12.4. The van der Waals surface area contributed by atoms with Gasteiger partial charge < -0.3 is 4.74 Å². The van der Waals surface area contributed by atoms with E-state index in [1.165, 1.54) is 18.0 Å². The van der Waals surface area contributed by atoms with Crippen molar-refractivity contribution in [2.75, 3.05) is 7.11 Å². The highest BCUT2D eigenvalue weighted by atomic mass is 79.9. The minimum Gasteiger partial charge on any atom is -0.496 e. The molecule has 2 rings (SSSR count). The quantitative estimate of drug-likeness (QED) is 0.823. The minimum absolute atomic E-state index is 0.00340. The summed E-state index contributed by atoms with van der Waals surface area (Å²) in [5.41, 5.74) is -0.560. The summed E-state index contributed by atoms with van der Waals surface area (Å²) in [5, 5.41) is 3.61. The molecule has 0 fully saturated rings. The standard InChI is InChI=1S/C13H12BrF3N2O/c1-3-19-7-8(12(18-19)13(15,16)17)11-9(14)5-4-6-10(11)20-2/h4-7H,3H2,1-2H3. The molecule has 0 aliphatic rings. The van der Waals surface area contributed by atoms with Crippen LogP contribution in [-0.4, -0.2) is 16.9 Å². The van der Waals surface area contributed by atoms with Gasteiger partial charge in [0.1, 0.15) is 5.75 Å². The molecule has 0 amide bonds. The highest BCUT2D eigenvalue weighted by molar-refractivity contribution is 9.10. The molecule has 0 bridgehead atoms. The number of alkyl halides is 3. The fraction of sp³-hybridized carbons (Fsp3) is 0.308. The number of rotatable bonds is 3. The summed E-state index contributed by atoms with van der Waals surface area (Å²) >= 11 is 3.27. The lowest BCUT2D eigenvalue weighted by Gasteiger charge is -2.11. The van der Waals surface area contributed by atoms with E-state index >= 15 is 0 Å². The molecule has 0 aliphatic heterocycles. The van der Waals surface area contributed by atoms with Gasteiger partial charge in [-0.05, 0) is 19.1 Å². The van der Waals surface area contributed by atoms with Crippen molar-refractivity contribution < 1.29 is 17.9 Å². The van der Waals surface area contributed by atoms with Gasteiger partial charge in [0, 0.05) is 28.3 Å². The number of aromatic nitrogens is 2. The summed E-state index contributed by atoms with van der Waals surface area (Å²) in [4.78, 5) is 0. The number of hydrogen-bond donors (Lipinski definition) is 0. The molecular formula is C13H12BrF3N2O. The second-order valence-corrected chi connectivity index (χ2v) is 4.92. The average molecular weight is 349 g/mol. The minimum atomic E-state index is -4.52. The molecule has 108 valence electrons. The maximum atomic E-state index is 13.1. The lowest BCUT2D eigenvalue weighted by molar-refractivity contribution is -0.141. The van der Waals surface area contributed by atoms with E-state index in [4.69, 9.17) is 4.74 Å². The Bertz CT molecular complexity index is 623. The van der Waals surface area contributed by atoms with Crippen LogP contribution in [0, 0.1) is 0 Å². The van der Waals surface area contributed by atoms with Gasteiger partial charge in [-0.2, -0.15) is 18.3 Å². The van der Waals surface area contributed by atoms with Crippen molar-refractivity contribution in [1.29, 1.82) is 0 Å². The van der Waals surface area contributed by atoms with E-state index in [9.17, 15) is 13.2 Å². The summed E-state index contributed by atoms with van der Waals surface area (Å²) in [6.45, 7) is 2.09. The lowest BCUT2D eigenvalue weighted by Crippen LogP contribution is -2.09. The number of benzene rings is 1. The van der Waals surface area contributed by atoms with E-state index in [2.05, 4.69) is 21.0 Å². The van der Waals surface area contributed by atoms with Crippen LogP contribution >= 0.6 is 15.9 Å². The molecule has 20 heavy (non-hydrogen) atoms. The number of hydrogen-bond acceptors (Lipinski definition) is 2. The van der Waals surface area contributed by atoms with Crippen LogP contribution in [0.4, 0.5) is 13.2 Å². The van der Waals surface area contributed by atoms with Gasteiger partial charge in [-0.1, -0.05) is 22.0 Å². The molecule has 0 saturated carbocycles. The van der Waals surface area contributed by atoms with Crippen molar-refractivity contribution in [3.63, 3.8) is 0 Å². The fourth-order valence-corrected chi connectivity index (χ4v) is 2.47. The monoisotopic (exact) mass is 348 g/mol. The Morgan fingerprint density at radius 3 is 2.60 bits per heavy atom. The van der Waals surface area contributed by atoms with Crippen LogP contribution in [0.25, 0.3) is 11.1 Å². The number of aryl methyl sites for hydroxylation is 1. The van der Waals surface area contributed by atoms with Gasteiger partial charge in [0.15, 0.2) is 5.69 Å². The third-order valence-electron chi connectivity index (χ3n) is 2.82. The second-order valence-electron chi connectivity index (χ2n) is 4.06. The van der Waals surface area contributed by atoms with E-state index in [0.29, 0.717) is 22.3 Å². The Hall–Kier alpha value is -1.50. The predicted molar refractivity (Wildman–Crippen MR) is 72.6 cm³/mol. The third-order valence-corrected chi connectivity index (χ3v) is 3.48. The number of halogens is 4. The Kier molecular flexibility index (Phi) is 4.08. The van der Waals surface area contributed by atoms with Gasteiger partial charge in [0.2, 0.25) is 0 Å². The first-order valence-corrected chi connectivity index (χ1v) is 6.65. The second kappa shape index (κ2) is 5.47. The third kappa shape index (κ3) is 2.67. The first-order chi connectivity index (χ1) is 9.38. The van der Waals surface area contributed by atoms with Crippen LogP contribution in [0.5, 0.6) is 5.75 Å². The van der Waals surface area contributed by atoms with Crippen LogP contribution in [0.1, 0.15) is 12.6 Å². The van der Waals surface area contributed by atoms with Crippen LogP contribution in [0.2, 0.25) is 0 Å². The van der Waals surface area contributed by atoms with E-state index in [0.717, 1.165) is 0 Å². The summed E-state index contributed by atoms with van der Waals surface area (Å²) in [5.74, 6) is 0.362. The highest BCUT2D eigenvalue weighted by Crippen LogP contribution is 2.42. The van der Waals surface area contributed by atoms with Crippen LogP contribution in [0.15, 0.2) is 28.9 Å². The van der Waals surface area contributed by atoms with Crippen LogP contribution in [0.3, 0.4) is 0 Å². The molecule has 0 atom stereocenters. The molecule has 1 aromatic heterocycles. The van der Waals surface area contributed by atoms with Crippen molar-refractivity contribution in [2.24, 2.45) is 0 Å². The maximum absolute atomic E-state index is 13.1. The number of methoxy groups -OCH3 is 1. The van der Waals surface area contributed by atoms with Crippen molar-refractivity contribution in [3.05, 3.63) is 34.6 Å². The number of nitrogens with zero attached hydrogens (tertiary/aromatic N) is 2. The Balaban J connectivity index is 2.72. The van der Waals surface area contributed by atoms with Gasteiger partial charge in [-0.15, -0.1) is 0 Å². The molecular weight excluding hydrogens is 337 g/mol. The Morgan fingerprint density at radius 1 is 1.35 bits per heavy atom. The number of ether oxygens (including phenoxy) is 1. The van der Waals surface area contributed by atoms with Crippen LogP contribution in [-0.2, 0) is 12.7 Å². The zero-order valence-electron chi connectivity index (χ0n) is 10.8. The van der Waals surface area contributed by atoms with Crippen molar-refractivity contribution in [1.82, 2.24) is 9.78 Å². The highest BCUT2D eigenvalue weighted by Gasteiger charge is 2.38. The Morgan fingerprint density at radius 2 is 2.05 bits per heavy atom. The molecule has 1 heterocycles. The van der Waals surface area contributed by atoms with E-state index < -0.39 is 11.9 Å². The van der Waals surface area contributed by atoms with Gasteiger partial charge in [-0.3, -0.25) is 4.68 Å². The summed E-state index contributed by atoms with van der Waals surface area (Å²) in [6.07, 6.45) is -3.14. The zero-order chi connectivity index (χ0) is 14.9. The average Bonchev–Trinajstić information content (AvgIpc) is 2.82. The Labute approximate surface area is 122 Å². The molecule has 0 N–H and O–H groups in total. The van der Waals surface area contributed by atoms with Gasteiger partial charge in [0.25, 0.3) is 0 Å². The molecule has 7 heteroatoms. The molecule has 0 saturated heterocycles. The molecule has 3 nitrogen and oxygen atoms in total. The SMILES string of the molecule is CCn1cc(-c2c(Br)cccc2OC)c(C(F)(F)F)n1. The largest absolute Gasteiger partial charge is 0.496 e. The fourth-order valence-electron chi connectivity index (χ4n) is 1.91. The van der Waals surface area contributed by atoms with Crippen molar-refractivity contribution >= 4 is 15.9 Å². The topological polar surface area (TPSA) is 27.1 Å². The molecule has 0 radical (unpaired) electrons.